The van der Waals surface area contributed by atoms with Crippen molar-refractivity contribution in [1.82, 2.24) is 14.6 Å². The summed E-state index contributed by atoms with van der Waals surface area (Å²) in [6.45, 7) is 7.31. The Morgan fingerprint density at radius 3 is 2.59 bits per heavy atom. The number of nitrogens with zero attached hydrogens (tertiary/aromatic N) is 5. The van der Waals surface area contributed by atoms with E-state index >= 15 is 0 Å². The third-order valence-electron chi connectivity index (χ3n) is 5.99. The number of fused-ring (bicyclic) bond motifs is 1. The number of benzene rings is 1. The first-order chi connectivity index (χ1) is 19.3. The molecule has 1 aromatic carbocycles. The average Bonchev–Trinajstić information content (AvgIpc) is 3.35. The summed E-state index contributed by atoms with van der Waals surface area (Å²) in [5, 5.41) is 6.38. The molecule has 3 heterocycles. The molecule has 41 heavy (non-hydrogen) atoms. The van der Waals surface area contributed by atoms with Gasteiger partial charge in [0.2, 0.25) is 5.72 Å². The number of aromatic nitrogens is 2. The van der Waals surface area contributed by atoms with E-state index in [0.717, 1.165) is 4.57 Å². The van der Waals surface area contributed by atoms with Crippen LogP contribution in [0, 0.1) is 0 Å². The predicted molar refractivity (Wildman–Crippen MR) is 143 cm³/mol. The van der Waals surface area contributed by atoms with Crippen molar-refractivity contribution in [3.63, 3.8) is 0 Å². The number of hydrogen-bond donors (Lipinski definition) is 2. The Bertz CT molecular complexity index is 1420. The van der Waals surface area contributed by atoms with Crippen LogP contribution in [0.2, 0.25) is 0 Å². The summed E-state index contributed by atoms with van der Waals surface area (Å²) in [6, 6.07) is 8.35. The van der Waals surface area contributed by atoms with E-state index < -0.39 is 68.1 Å². The topological polar surface area (TPSA) is 211 Å². The van der Waals surface area contributed by atoms with Gasteiger partial charge in [-0.1, -0.05) is 23.3 Å². The van der Waals surface area contributed by atoms with Crippen molar-refractivity contribution in [2.75, 3.05) is 12.3 Å². The van der Waals surface area contributed by atoms with Gasteiger partial charge in [0.15, 0.2) is 12.0 Å². The molecule has 2 fully saturated rings. The summed E-state index contributed by atoms with van der Waals surface area (Å²) in [5.74, 6) is -1.73. The van der Waals surface area contributed by atoms with Gasteiger partial charge in [-0.05, 0) is 58.3 Å². The van der Waals surface area contributed by atoms with Crippen LogP contribution in [0.4, 0.5) is 5.82 Å². The lowest BCUT2D eigenvalue weighted by molar-refractivity contribution is -0.224. The molecule has 3 N–H and O–H groups in total. The molecule has 2 aliphatic rings. The zero-order valence-electron chi connectivity index (χ0n) is 23.1. The maximum absolute atomic E-state index is 14.0. The van der Waals surface area contributed by atoms with Crippen LogP contribution >= 0.6 is 7.75 Å². The summed E-state index contributed by atoms with van der Waals surface area (Å²) in [4.78, 5) is 31.8. The lowest BCUT2D eigenvalue weighted by atomic mass is 10.1. The summed E-state index contributed by atoms with van der Waals surface area (Å²) >= 11 is 0. The normalized spacial score (nSPS) is 26.9. The van der Waals surface area contributed by atoms with Gasteiger partial charge in [-0.15, -0.1) is 0 Å². The minimum absolute atomic E-state index is 0.00968. The smallest absolute Gasteiger partial charge is 0.459 e. The largest absolute Gasteiger partial charge is 0.462 e. The summed E-state index contributed by atoms with van der Waals surface area (Å²) in [5.41, 5.74) is 12.4. The Labute approximate surface area is 235 Å². The third kappa shape index (κ3) is 6.88. The van der Waals surface area contributed by atoms with Gasteiger partial charge in [-0.2, -0.15) is 10.1 Å². The fourth-order valence-electron chi connectivity index (χ4n) is 4.34. The van der Waals surface area contributed by atoms with E-state index in [1.807, 2.05) is 0 Å². The second kappa shape index (κ2) is 11.8. The van der Waals surface area contributed by atoms with Crippen LogP contribution in [-0.4, -0.2) is 58.0 Å². The fourth-order valence-corrected chi connectivity index (χ4v) is 5.85. The van der Waals surface area contributed by atoms with Crippen LogP contribution in [-0.2, 0) is 32.8 Å². The number of nitrogen functional groups attached to an aromatic ring is 1. The number of rotatable bonds is 11. The highest BCUT2D eigenvalue weighted by Crippen LogP contribution is 2.52. The van der Waals surface area contributed by atoms with Gasteiger partial charge < -0.3 is 29.2 Å². The lowest BCUT2D eigenvalue weighted by Crippen LogP contribution is -2.46. The molecule has 1 aromatic heterocycles. The number of hydrogen-bond acceptors (Lipinski definition) is 12. The Morgan fingerprint density at radius 1 is 1.24 bits per heavy atom. The number of azide groups is 1. The Hall–Kier alpha value is -3.49. The first kappa shape index (κ1) is 30.5. The summed E-state index contributed by atoms with van der Waals surface area (Å²) in [6.07, 6.45) is -2.38. The average molecular weight is 594 g/mol. The molecule has 2 aliphatic heterocycles. The van der Waals surface area contributed by atoms with E-state index in [1.54, 1.807) is 45.9 Å². The third-order valence-corrected chi connectivity index (χ3v) is 7.61. The fraction of sp³-hybridized carbons (Fsp3) is 0.542. The van der Waals surface area contributed by atoms with Crippen LogP contribution in [0.25, 0.3) is 10.4 Å². The maximum atomic E-state index is 14.0. The lowest BCUT2D eigenvalue weighted by Gasteiger charge is -2.32. The van der Waals surface area contributed by atoms with E-state index in [4.69, 9.17) is 33.7 Å². The van der Waals surface area contributed by atoms with Crippen LogP contribution in [0.1, 0.15) is 40.8 Å². The van der Waals surface area contributed by atoms with Crippen LogP contribution in [0.15, 0.2) is 52.5 Å². The standard InChI is InChI=1S/C24H32N7O9P/c1-14(2)36-21(32)15(3)28-41(34,40-16-9-7-6-8-10-16)35-13-24(29-30-26)19-18(37-23(4,5)38-19)20(39-24)31-12-11-17(25)27-22(31)33/h6-12,14-15,18-20H,13H2,1-5H3,(H,28,34)(H2,25,27,33)/t15-,18+,19-,20+,24+,41?/m0/s1. The number of para-hydroxylation sites is 1. The minimum Gasteiger partial charge on any atom is -0.462 e. The zero-order chi connectivity index (χ0) is 30.0. The van der Waals surface area contributed by atoms with Gasteiger partial charge in [0.25, 0.3) is 0 Å². The van der Waals surface area contributed by atoms with E-state index in [9.17, 15) is 19.7 Å². The molecular formula is C24H32N7O9P. The molecule has 0 radical (unpaired) electrons. The van der Waals surface area contributed by atoms with E-state index in [-0.39, 0.29) is 11.6 Å². The van der Waals surface area contributed by atoms with Crippen molar-refractivity contribution in [1.29, 1.82) is 0 Å². The predicted octanol–water partition coefficient (Wildman–Crippen LogP) is 3.01. The first-order valence-electron chi connectivity index (χ1n) is 12.7. The molecule has 0 saturated carbocycles. The number of anilines is 1. The highest BCUT2D eigenvalue weighted by molar-refractivity contribution is 7.52. The van der Waals surface area contributed by atoms with Crippen molar-refractivity contribution in [2.45, 2.75) is 76.7 Å². The number of nitrogens with two attached hydrogens (primary N) is 1. The van der Waals surface area contributed by atoms with Crippen molar-refractivity contribution < 1.29 is 37.4 Å². The molecule has 222 valence electrons. The van der Waals surface area contributed by atoms with Crippen LogP contribution in [0.3, 0.4) is 0 Å². The van der Waals surface area contributed by atoms with Gasteiger partial charge in [0, 0.05) is 11.1 Å². The van der Waals surface area contributed by atoms with Gasteiger partial charge >= 0.3 is 19.4 Å². The Morgan fingerprint density at radius 2 is 1.95 bits per heavy atom. The number of ether oxygens (including phenoxy) is 4. The highest BCUT2D eigenvalue weighted by Gasteiger charge is 2.64. The van der Waals surface area contributed by atoms with Crippen molar-refractivity contribution in [3.05, 3.63) is 63.5 Å². The second-order valence-corrected chi connectivity index (χ2v) is 11.8. The van der Waals surface area contributed by atoms with Crippen molar-refractivity contribution in [2.24, 2.45) is 5.11 Å². The summed E-state index contributed by atoms with van der Waals surface area (Å²) in [7, 11) is -4.40. The number of nitrogens with one attached hydrogen (secondary N) is 1. The molecule has 0 amide bonds. The van der Waals surface area contributed by atoms with Crippen molar-refractivity contribution >= 4 is 19.5 Å². The number of carbonyl (C=O) groups is 1. The molecule has 4 rings (SSSR count). The van der Waals surface area contributed by atoms with Gasteiger partial charge in [0.05, 0.1) is 12.7 Å². The quantitative estimate of drug-likeness (QED) is 0.127. The monoisotopic (exact) mass is 593 g/mol. The van der Waals surface area contributed by atoms with Crippen LogP contribution < -0.4 is 21.0 Å². The van der Waals surface area contributed by atoms with E-state index in [1.165, 1.54) is 31.3 Å². The zero-order valence-corrected chi connectivity index (χ0v) is 24.0. The molecule has 0 spiro atoms. The van der Waals surface area contributed by atoms with Crippen molar-refractivity contribution in [3.8, 4) is 5.75 Å². The van der Waals surface area contributed by atoms with E-state index in [0.29, 0.717) is 0 Å². The molecule has 6 atom stereocenters. The molecule has 2 aromatic rings. The first-order valence-corrected chi connectivity index (χ1v) is 14.2. The SMILES string of the molecule is CC(C)OC(=O)[C@H](C)NP(=O)(OC[C@@]1(N=[N+]=[N-])O[C@@H](n2ccc(N)nc2=O)[C@@H]2OC(C)(C)O[C@@H]21)Oc1ccccc1. The maximum Gasteiger partial charge on any atom is 0.459 e. The number of esters is 1. The van der Waals surface area contributed by atoms with Gasteiger partial charge in [0.1, 0.15) is 29.8 Å². The molecule has 0 aliphatic carbocycles. The minimum atomic E-state index is -4.40. The molecule has 16 nitrogen and oxygen atoms in total. The molecular weight excluding hydrogens is 561 g/mol. The highest BCUT2D eigenvalue weighted by atomic mass is 31.2. The van der Waals surface area contributed by atoms with E-state index in [2.05, 4.69) is 20.1 Å². The molecule has 0 bridgehead atoms. The van der Waals surface area contributed by atoms with Gasteiger partial charge in [-0.3, -0.25) is 13.9 Å². The Kier molecular flexibility index (Phi) is 8.76. The number of carbonyl (C=O) groups excluding carboxylic acids is 1. The molecule has 17 heteroatoms. The van der Waals surface area contributed by atoms with Crippen LogP contribution in [0.5, 0.6) is 5.75 Å². The molecule has 2 saturated heterocycles. The van der Waals surface area contributed by atoms with Gasteiger partial charge in [-0.25, -0.2) is 9.36 Å². The summed E-state index contributed by atoms with van der Waals surface area (Å²) < 4.78 is 49.9. The molecule has 1 unspecified atom stereocenters. The second-order valence-electron chi connectivity index (χ2n) is 10.1. The Balaban J connectivity index is 1.68.